The molecule has 3 unspecified atom stereocenters. The highest BCUT2D eigenvalue weighted by Crippen LogP contribution is 2.37. The molecule has 1 saturated heterocycles. The number of piperidine rings is 1. The Hall–Kier alpha value is -1.35. The molecule has 0 radical (unpaired) electrons. The van der Waals surface area contributed by atoms with Gasteiger partial charge in [-0.25, -0.2) is 4.98 Å². The molecule has 2 fully saturated rings. The van der Waals surface area contributed by atoms with Crippen molar-refractivity contribution in [2.24, 2.45) is 13.0 Å². The number of benzene rings is 1. The molecule has 1 aromatic heterocycles. The van der Waals surface area contributed by atoms with Crippen molar-refractivity contribution in [3.8, 4) is 0 Å². The molecule has 21 heavy (non-hydrogen) atoms. The van der Waals surface area contributed by atoms with Gasteiger partial charge in [0.25, 0.3) is 0 Å². The van der Waals surface area contributed by atoms with Crippen LogP contribution in [0, 0.1) is 12.8 Å². The van der Waals surface area contributed by atoms with Gasteiger partial charge in [0, 0.05) is 13.1 Å². The third-order valence-corrected chi connectivity index (χ3v) is 5.53. The lowest BCUT2D eigenvalue weighted by Crippen LogP contribution is -2.45. The van der Waals surface area contributed by atoms with Crippen LogP contribution >= 0.6 is 0 Å². The van der Waals surface area contributed by atoms with Crippen LogP contribution in [0.4, 0.5) is 0 Å². The van der Waals surface area contributed by atoms with E-state index in [0.717, 1.165) is 17.5 Å². The maximum absolute atomic E-state index is 4.93. The fraction of sp³-hybridized carbons (Fsp3) is 0.611. The molecule has 4 rings (SSSR count). The van der Waals surface area contributed by atoms with E-state index in [0.29, 0.717) is 6.04 Å². The molecule has 2 aliphatic rings. The van der Waals surface area contributed by atoms with Gasteiger partial charge in [-0.1, -0.05) is 18.9 Å². The van der Waals surface area contributed by atoms with Gasteiger partial charge in [0.05, 0.1) is 17.1 Å². The number of aryl methyl sites for hydroxylation is 2. The first-order chi connectivity index (χ1) is 10.2. The Balaban J connectivity index is 1.65. The monoisotopic (exact) mass is 283 g/mol. The van der Waals surface area contributed by atoms with Crippen molar-refractivity contribution in [1.29, 1.82) is 0 Å². The second-order valence-electron chi connectivity index (χ2n) is 6.97. The van der Waals surface area contributed by atoms with Crippen LogP contribution in [-0.4, -0.2) is 15.6 Å². The highest BCUT2D eigenvalue weighted by molar-refractivity contribution is 5.76. The van der Waals surface area contributed by atoms with Crippen LogP contribution in [0.15, 0.2) is 18.2 Å². The van der Waals surface area contributed by atoms with Gasteiger partial charge in [0.15, 0.2) is 0 Å². The highest BCUT2D eigenvalue weighted by atomic mass is 15.1. The predicted molar refractivity (Wildman–Crippen MR) is 86.3 cm³/mol. The van der Waals surface area contributed by atoms with Crippen LogP contribution in [0.25, 0.3) is 11.0 Å². The van der Waals surface area contributed by atoms with Gasteiger partial charge in [0.1, 0.15) is 5.82 Å². The fourth-order valence-corrected chi connectivity index (χ4v) is 4.34. The number of imidazole rings is 1. The summed E-state index contributed by atoms with van der Waals surface area (Å²) in [5.41, 5.74) is 3.68. The zero-order chi connectivity index (χ0) is 14.4. The van der Waals surface area contributed by atoms with Crippen LogP contribution in [0.1, 0.15) is 56.0 Å². The molecule has 3 heteroatoms. The summed E-state index contributed by atoms with van der Waals surface area (Å²) in [5, 5.41) is 3.90. The lowest BCUT2D eigenvalue weighted by Gasteiger charge is -2.40. The van der Waals surface area contributed by atoms with Gasteiger partial charge in [-0.15, -0.1) is 0 Å². The van der Waals surface area contributed by atoms with Crippen molar-refractivity contribution >= 4 is 11.0 Å². The summed E-state index contributed by atoms with van der Waals surface area (Å²) in [5.74, 6) is 2.13. The summed E-state index contributed by atoms with van der Waals surface area (Å²) >= 11 is 0. The molecular formula is C18H25N3. The van der Waals surface area contributed by atoms with E-state index in [-0.39, 0.29) is 0 Å². The van der Waals surface area contributed by atoms with E-state index < -0.39 is 0 Å². The standard InChI is InChI=1S/C18H25N3/c1-12-7-10-17-16(11-12)20-18(21(17)2)15-9-8-13-5-3-4-6-14(13)19-15/h7,10-11,13-15,19H,3-6,8-9H2,1-2H3. The maximum atomic E-state index is 4.93. The van der Waals surface area contributed by atoms with Crippen LogP contribution in [0.2, 0.25) is 0 Å². The number of rotatable bonds is 1. The number of nitrogens with one attached hydrogen (secondary N) is 1. The van der Waals surface area contributed by atoms with E-state index >= 15 is 0 Å². The van der Waals surface area contributed by atoms with Crippen molar-refractivity contribution in [1.82, 2.24) is 14.9 Å². The fourth-order valence-electron chi connectivity index (χ4n) is 4.34. The second-order valence-corrected chi connectivity index (χ2v) is 6.97. The van der Waals surface area contributed by atoms with Crippen LogP contribution < -0.4 is 5.32 Å². The number of hydrogen-bond acceptors (Lipinski definition) is 2. The lowest BCUT2D eigenvalue weighted by atomic mass is 9.77. The molecule has 0 spiro atoms. The molecule has 2 heterocycles. The van der Waals surface area contributed by atoms with E-state index in [2.05, 4.69) is 42.1 Å². The summed E-state index contributed by atoms with van der Waals surface area (Å²) < 4.78 is 2.29. The molecule has 1 aromatic carbocycles. The van der Waals surface area contributed by atoms with E-state index in [9.17, 15) is 0 Å². The van der Waals surface area contributed by atoms with Crippen molar-refractivity contribution < 1.29 is 0 Å². The number of aromatic nitrogens is 2. The normalized spacial score (nSPS) is 29.5. The number of fused-ring (bicyclic) bond motifs is 2. The summed E-state index contributed by atoms with van der Waals surface area (Å²) in [6, 6.07) is 7.73. The quantitative estimate of drug-likeness (QED) is 0.861. The van der Waals surface area contributed by atoms with Gasteiger partial charge >= 0.3 is 0 Å². The summed E-state index contributed by atoms with van der Waals surface area (Å²) in [6.45, 7) is 2.14. The molecule has 2 aromatic rings. The Morgan fingerprint density at radius 3 is 2.90 bits per heavy atom. The molecule has 0 amide bonds. The first-order valence-corrected chi connectivity index (χ1v) is 8.41. The third kappa shape index (κ3) is 2.28. The van der Waals surface area contributed by atoms with E-state index in [1.165, 1.54) is 55.4 Å². The van der Waals surface area contributed by atoms with Gasteiger partial charge < -0.3 is 9.88 Å². The molecular weight excluding hydrogens is 258 g/mol. The molecule has 112 valence electrons. The molecule has 1 aliphatic heterocycles. The molecule has 1 saturated carbocycles. The SMILES string of the molecule is Cc1ccc2c(c1)nc(C1CCC3CCCCC3N1)n2C. The van der Waals surface area contributed by atoms with Crippen molar-refractivity contribution in [2.45, 2.75) is 57.5 Å². The van der Waals surface area contributed by atoms with Crippen LogP contribution in [0.5, 0.6) is 0 Å². The zero-order valence-electron chi connectivity index (χ0n) is 13.1. The Kier molecular flexibility index (Phi) is 3.26. The molecule has 1 aliphatic carbocycles. The van der Waals surface area contributed by atoms with E-state index in [1.807, 2.05) is 0 Å². The Labute approximate surface area is 126 Å². The van der Waals surface area contributed by atoms with Crippen molar-refractivity contribution in [3.63, 3.8) is 0 Å². The summed E-state index contributed by atoms with van der Waals surface area (Å²) in [6.07, 6.45) is 8.19. The largest absolute Gasteiger partial charge is 0.330 e. The topological polar surface area (TPSA) is 29.9 Å². The van der Waals surface area contributed by atoms with Gasteiger partial charge in [-0.2, -0.15) is 0 Å². The molecule has 1 N–H and O–H groups in total. The minimum Gasteiger partial charge on any atom is -0.330 e. The van der Waals surface area contributed by atoms with E-state index in [4.69, 9.17) is 4.98 Å². The van der Waals surface area contributed by atoms with Crippen molar-refractivity contribution in [2.75, 3.05) is 0 Å². The third-order valence-electron chi connectivity index (χ3n) is 5.53. The average Bonchev–Trinajstić information content (AvgIpc) is 2.83. The Bertz CT molecular complexity index is 658. The first kappa shape index (κ1) is 13.3. The maximum Gasteiger partial charge on any atom is 0.126 e. The van der Waals surface area contributed by atoms with Gasteiger partial charge in [-0.3, -0.25) is 0 Å². The van der Waals surface area contributed by atoms with Gasteiger partial charge in [0.2, 0.25) is 0 Å². The minimum atomic E-state index is 0.432. The second kappa shape index (κ2) is 5.13. The smallest absolute Gasteiger partial charge is 0.126 e. The van der Waals surface area contributed by atoms with Gasteiger partial charge in [-0.05, 0) is 56.2 Å². The Morgan fingerprint density at radius 2 is 2.00 bits per heavy atom. The zero-order valence-corrected chi connectivity index (χ0v) is 13.1. The van der Waals surface area contributed by atoms with Crippen LogP contribution in [0.3, 0.4) is 0 Å². The number of nitrogens with zero attached hydrogens (tertiary/aromatic N) is 2. The molecule has 0 bridgehead atoms. The number of hydrogen-bond donors (Lipinski definition) is 1. The highest BCUT2D eigenvalue weighted by Gasteiger charge is 2.33. The van der Waals surface area contributed by atoms with E-state index in [1.54, 1.807) is 0 Å². The molecule has 3 atom stereocenters. The minimum absolute atomic E-state index is 0.432. The lowest BCUT2D eigenvalue weighted by molar-refractivity contribution is 0.172. The summed E-state index contributed by atoms with van der Waals surface area (Å²) in [7, 11) is 2.16. The first-order valence-electron chi connectivity index (χ1n) is 8.41. The van der Waals surface area contributed by atoms with Crippen LogP contribution in [-0.2, 0) is 7.05 Å². The predicted octanol–water partition coefficient (Wildman–Crippen LogP) is 3.87. The summed E-state index contributed by atoms with van der Waals surface area (Å²) in [4.78, 5) is 4.93. The molecule has 3 nitrogen and oxygen atoms in total. The Morgan fingerprint density at radius 1 is 1.14 bits per heavy atom. The van der Waals surface area contributed by atoms with Crippen molar-refractivity contribution in [3.05, 3.63) is 29.6 Å². The average molecular weight is 283 g/mol.